The standard InChI is InChI=1S/C27H33ClN4O4/c1-4-34-23-13-10-20(15-24(23)35-5-2)18(3)29-27(33)21-7-6-14-32(16-21)17-25-30-26(31-36-25)19-8-11-22(28)12-9-19/h8-13,15,18,21H,4-7,14,16-17H2,1-3H3,(H,29,33). The van der Waals surface area contributed by atoms with Crippen molar-refractivity contribution in [3.8, 4) is 22.9 Å². The molecule has 1 N–H and O–H groups in total. The number of hydrogen-bond acceptors (Lipinski definition) is 7. The Bertz CT molecular complexity index is 1150. The van der Waals surface area contributed by atoms with Gasteiger partial charge in [-0.25, -0.2) is 0 Å². The van der Waals surface area contributed by atoms with Gasteiger partial charge in [0.15, 0.2) is 11.5 Å². The van der Waals surface area contributed by atoms with E-state index in [0.29, 0.717) is 54.5 Å². The van der Waals surface area contributed by atoms with E-state index >= 15 is 0 Å². The van der Waals surface area contributed by atoms with Gasteiger partial charge < -0.3 is 19.3 Å². The highest BCUT2D eigenvalue weighted by atomic mass is 35.5. The molecule has 9 heteroatoms. The Balaban J connectivity index is 1.34. The molecule has 0 spiro atoms. The van der Waals surface area contributed by atoms with Crippen LogP contribution in [0.4, 0.5) is 0 Å². The molecule has 1 amide bonds. The maximum absolute atomic E-state index is 13.1. The topological polar surface area (TPSA) is 89.7 Å². The van der Waals surface area contributed by atoms with Gasteiger partial charge in [-0.15, -0.1) is 0 Å². The molecule has 3 aromatic rings. The highest BCUT2D eigenvalue weighted by Gasteiger charge is 2.28. The normalized spacial score (nSPS) is 16.9. The van der Waals surface area contributed by atoms with E-state index in [4.69, 9.17) is 25.6 Å². The molecule has 0 aliphatic carbocycles. The van der Waals surface area contributed by atoms with Crippen LogP contribution in [0, 0.1) is 5.92 Å². The number of carbonyl (C=O) groups excluding carboxylic acids is 1. The quantitative estimate of drug-likeness (QED) is 0.395. The molecule has 192 valence electrons. The summed E-state index contributed by atoms with van der Waals surface area (Å²) >= 11 is 5.96. The van der Waals surface area contributed by atoms with Gasteiger partial charge >= 0.3 is 0 Å². The zero-order chi connectivity index (χ0) is 25.5. The second kappa shape index (κ2) is 12.2. The van der Waals surface area contributed by atoms with E-state index < -0.39 is 0 Å². The van der Waals surface area contributed by atoms with Gasteiger partial charge in [0.25, 0.3) is 0 Å². The maximum Gasteiger partial charge on any atom is 0.241 e. The van der Waals surface area contributed by atoms with Crippen molar-refractivity contribution in [2.24, 2.45) is 5.92 Å². The minimum absolute atomic E-state index is 0.0476. The van der Waals surface area contributed by atoms with E-state index in [1.54, 1.807) is 12.1 Å². The molecular weight excluding hydrogens is 480 g/mol. The molecule has 0 bridgehead atoms. The van der Waals surface area contributed by atoms with Crippen LogP contribution in [0.5, 0.6) is 11.5 Å². The maximum atomic E-state index is 13.1. The lowest BCUT2D eigenvalue weighted by Gasteiger charge is -2.31. The third-order valence-electron chi connectivity index (χ3n) is 6.23. The van der Waals surface area contributed by atoms with E-state index in [1.165, 1.54) is 0 Å². The second-order valence-electron chi connectivity index (χ2n) is 8.90. The number of likely N-dealkylation sites (tertiary alicyclic amines) is 1. The third-order valence-corrected chi connectivity index (χ3v) is 6.48. The summed E-state index contributed by atoms with van der Waals surface area (Å²) in [5.41, 5.74) is 1.82. The Labute approximate surface area is 216 Å². The summed E-state index contributed by atoms with van der Waals surface area (Å²) in [6, 6.07) is 13.0. The second-order valence-corrected chi connectivity index (χ2v) is 9.33. The molecule has 0 saturated carbocycles. The average Bonchev–Trinajstić information content (AvgIpc) is 3.34. The lowest BCUT2D eigenvalue weighted by molar-refractivity contribution is -0.127. The van der Waals surface area contributed by atoms with E-state index in [2.05, 4.69) is 20.4 Å². The predicted molar refractivity (Wildman–Crippen MR) is 138 cm³/mol. The van der Waals surface area contributed by atoms with Crippen molar-refractivity contribution in [1.82, 2.24) is 20.4 Å². The fourth-order valence-electron chi connectivity index (χ4n) is 4.39. The largest absolute Gasteiger partial charge is 0.490 e. The summed E-state index contributed by atoms with van der Waals surface area (Å²) < 4.78 is 16.9. The molecule has 1 saturated heterocycles. The minimum Gasteiger partial charge on any atom is -0.490 e. The molecule has 8 nitrogen and oxygen atoms in total. The zero-order valence-corrected chi connectivity index (χ0v) is 21.8. The van der Waals surface area contributed by atoms with Gasteiger partial charge in [-0.2, -0.15) is 4.98 Å². The molecule has 0 radical (unpaired) electrons. The number of carbonyl (C=O) groups is 1. The fraction of sp³-hybridized carbons (Fsp3) is 0.444. The van der Waals surface area contributed by atoms with Gasteiger partial charge in [0.05, 0.1) is 31.7 Å². The van der Waals surface area contributed by atoms with Crippen LogP contribution >= 0.6 is 11.6 Å². The average molecular weight is 513 g/mol. The van der Waals surface area contributed by atoms with Crippen molar-refractivity contribution in [3.63, 3.8) is 0 Å². The minimum atomic E-state index is -0.152. The number of amides is 1. The van der Waals surface area contributed by atoms with Gasteiger partial charge in [-0.1, -0.05) is 22.8 Å². The molecule has 36 heavy (non-hydrogen) atoms. The van der Waals surface area contributed by atoms with Crippen molar-refractivity contribution in [3.05, 3.63) is 58.9 Å². The predicted octanol–water partition coefficient (Wildman–Crippen LogP) is 5.28. The number of aromatic nitrogens is 2. The Morgan fingerprint density at radius 1 is 1.17 bits per heavy atom. The Hall–Kier alpha value is -3.10. The van der Waals surface area contributed by atoms with E-state index in [9.17, 15) is 4.79 Å². The molecule has 2 atom stereocenters. The van der Waals surface area contributed by atoms with Crippen LogP contribution in [0.1, 0.15) is 51.1 Å². The van der Waals surface area contributed by atoms with Crippen molar-refractivity contribution >= 4 is 17.5 Å². The zero-order valence-electron chi connectivity index (χ0n) is 21.0. The van der Waals surface area contributed by atoms with Gasteiger partial charge in [0, 0.05) is 17.1 Å². The highest BCUT2D eigenvalue weighted by Crippen LogP contribution is 2.31. The first kappa shape index (κ1) is 26.0. The van der Waals surface area contributed by atoms with Crippen LogP contribution in [0.25, 0.3) is 11.4 Å². The fourth-order valence-corrected chi connectivity index (χ4v) is 4.52. The molecular formula is C27H33ClN4O4. The Morgan fingerprint density at radius 3 is 2.67 bits per heavy atom. The Morgan fingerprint density at radius 2 is 1.92 bits per heavy atom. The van der Waals surface area contributed by atoms with Crippen LogP contribution < -0.4 is 14.8 Å². The van der Waals surface area contributed by atoms with Crippen molar-refractivity contribution in [2.75, 3.05) is 26.3 Å². The van der Waals surface area contributed by atoms with E-state index in [-0.39, 0.29) is 17.9 Å². The van der Waals surface area contributed by atoms with Crippen molar-refractivity contribution in [1.29, 1.82) is 0 Å². The SMILES string of the molecule is CCOc1ccc(C(C)NC(=O)C2CCCN(Cc3nc(-c4ccc(Cl)cc4)no3)C2)cc1OCC. The molecule has 2 heterocycles. The van der Waals surface area contributed by atoms with E-state index in [1.807, 2.05) is 51.1 Å². The number of nitrogens with zero attached hydrogens (tertiary/aromatic N) is 3. The van der Waals surface area contributed by atoms with Gasteiger partial charge in [-0.05, 0) is 82.1 Å². The highest BCUT2D eigenvalue weighted by molar-refractivity contribution is 6.30. The number of rotatable bonds is 10. The lowest BCUT2D eigenvalue weighted by atomic mass is 9.96. The number of benzene rings is 2. The summed E-state index contributed by atoms with van der Waals surface area (Å²) in [4.78, 5) is 19.8. The monoisotopic (exact) mass is 512 g/mol. The molecule has 1 aliphatic rings. The molecule has 4 rings (SSSR count). The summed E-state index contributed by atoms with van der Waals surface area (Å²) in [7, 11) is 0. The first-order valence-corrected chi connectivity index (χ1v) is 12.8. The van der Waals surface area contributed by atoms with Crippen LogP contribution in [-0.4, -0.2) is 47.3 Å². The van der Waals surface area contributed by atoms with Crippen molar-refractivity contribution in [2.45, 2.75) is 46.2 Å². The Kier molecular flexibility index (Phi) is 8.83. The van der Waals surface area contributed by atoms with Crippen LogP contribution in [-0.2, 0) is 11.3 Å². The van der Waals surface area contributed by atoms with Crippen LogP contribution in [0.2, 0.25) is 5.02 Å². The van der Waals surface area contributed by atoms with Gasteiger partial charge in [0.2, 0.25) is 17.6 Å². The molecule has 1 aliphatic heterocycles. The van der Waals surface area contributed by atoms with Crippen molar-refractivity contribution < 1.29 is 18.8 Å². The number of ether oxygens (including phenoxy) is 2. The number of hydrogen-bond donors (Lipinski definition) is 1. The lowest BCUT2D eigenvalue weighted by Crippen LogP contribution is -2.43. The first-order chi connectivity index (χ1) is 17.5. The van der Waals surface area contributed by atoms with Crippen LogP contribution in [0.15, 0.2) is 47.0 Å². The van der Waals surface area contributed by atoms with Gasteiger partial charge in [-0.3, -0.25) is 9.69 Å². The smallest absolute Gasteiger partial charge is 0.241 e. The van der Waals surface area contributed by atoms with Crippen LogP contribution in [0.3, 0.4) is 0 Å². The molecule has 2 aromatic carbocycles. The molecule has 2 unspecified atom stereocenters. The number of piperidine rings is 1. The summed E-state index contributed by atoms with van der Waals surface area (Å²) in [6.07, 6.45) is 1.78. The summed E-state index contributed by atoms with van der Waals surface area (Å²) in [6.45, 7) is 9.02. The number of halogens is 1. The number of nitrogens with one attached hydrogen (secondary N) is 1. The third kappa shape index (κ3) is 6.56. The first-order valence-electron chi connectivity index (χ1n) is 12.5. The summed E-state index contributed by atoms with van der Waals surface area (Å²) in [5, 5.41) is 7.93. The molecule has 1 fully saturated rings. The van der Waals surface area contributed by atoms with E-state index in [0.717, 1.165) is 30.5 Å². The molecule has 1 aromatic heterocycles. The van der Waals surface area contributed by atoms with Gasteiger partial charge in [0.1, 0.15) is 0 Å². The summed E-state index contributed by atoms with van der Waals surface area (Å²) in [5.74, 6) is 2.42.